The van der Waals surface area contributed by atoms with Gasteiger partial charge in [0.25, 0.3) is 5.91 Å². The second-order valence-electron chi connectivity index (χ2n) is 14.0. The summed E-state index contributed by atoms with van der Waals surface area (Å²) in [5.41, 5.74) is 4.06. The van der Waals surface area contributed by atoms with E-state index in [2.05, 4.69) is 48.2 Å². The summed E-state index contributed by atoms with van der Waals surface area (Å²) in [6.45, 7) is 2.01. The molecule has 1 unspecified atom stereocenters. The number of rotatable bonds is 5. The minimum atomic E-state index is -3.43. The summed E-state index contributed by atoms with van der Waals surface area (Å²) in [4.78, 5) is 37.5. The van der Waals surface area contributed by atoms with Crippen LogP contribution in [-0.2, 0) is 37.7 Å². The molecule has 3 heterocycles. The van der Waals surface area contributed by atoms with Crippen LogP contribution in [0.4, 0.5) is 5.69 Å². The second kappa shape index (κ2) is 14.8. The van der Waals surface area contributed by atoms with Gasteiger partial charge >= 0.3 is 0 Å². The van der Waals surface area contributed by atoms with Crippen molar-refractivity contribution in [2.24, 2.45) is 16.2 Å². The van der Waals surface area contributed by atoms with E-state index in [0.29, 0.717) is 54.7 Å². The molecule has 1 aromatic heterocycles. The predicted octanol–water partition coefficient (Wildman–Crippen LogP) is 6.27. The molecule has 1 fully saturated rings. The molecule has 1 spiro atoms. The molecule has 3 aromatic rings. The number of hydrogen-bond acceptors (Lipinski definition) is 8. The lowest BCUT2D eigenvalue weighted by molar-refractivity contribution is -0.119. The van der Waals surface area contributed by atoms with Crippen LogP contribution in [0.3, 0.4) is 0 Å². The molecule has 12 heteroatoms. The van der Waals surface area contributed by atoms with Crippen molar-refractivity contribution in [2.45, 2.75) is 69.3 Å². The minimum Gasteiger partial charge on any atom is -0.490 e. The third-order valence-corrected chi connectivity index (χ3v) is 12.8. The number of ether oxygens (including phenoxy) is 2. The van der Waals surface area contributed by atoms with Gasteiger partial charge < -0.3 is 14.4 Å². The van der Waals surface area contributed by atoms with Gasteiger partial charge in [-0.2, -0.15) is 0 Å². The highest BCUT2D eigenvalue weighted by Crippen LogP contribution is 2.47. The van der Waals surface area contributed by atoms with E-state index < -0.39 is 21.7 Å². The topological polar surface area (TPSA) is 123 Å². The zero-order valence-electron chi connectivity index (χ0n) is 28.4. The zero-order valence-corrected chi connectivity index (χ0v) is 30.0. The van der Waals surface area contributed by atoms with E-state index in [1.165, 1.54) is 11.1 Å². The smallest absolute Gasteiger partial charge is 0.286 e. The number of carbonyl (C=O) groups is 2. The Morgan fingerprint density at radius 1 is 1.18 bits per heavy atom. The molecular weight excluding hydrogens is 674 g/mol. The average molecular weight is 718 g/mol. The SMILES string of the molecule is CO[C@H]1/C=C/CCCS(=O)(NC(=O)CCc2cnccn2)=NC(=O)c2ccc3c(c2)N(C[C@@H]2CC[C@H]21)C[C@@]1(CCCc2cc(Cl)ccc21)CO3. The normalized spacial score (nSPS) is 28.6. The maximum atomic E-state index is 14.2. The highest BCUT2D eigenvalue weighted by Gasteiger charge is 2.44. The third-order valence-electron chi connectivity index (χ3n) is 10.8. The summed E-state index contributed by atoms with van der Waals surface area (Å²) < 4.78 is 33.7. The Morgan fingerprint density at radius 2 is 2.08 bits per heavy atom. The third kappa shape index (κ3) is 7.45. The van der Waals surface area contributed by atoms with Crippen molar-refractivity contribution in [3.63, 3.8) is 0 Å². The van der Waals surface area contributed by atoms with Crippen LogP contribution in [0.1, 0.15) is 72.1 Å². The first-order valence-corrected chi connectivity index (χ1v) is 19.7. The quantitative estimate of drug-likeness (QED) is 0.307. The summed E-state index contributed by atoms with van der Waals surface area (Å²) in [6.07, 6.45) is 15.5. The van der Waals surface area contributed by atoms with Crippen molar-refractivity contribution >= 4 is 39.0 Å². The number of amides is 2. The first-order chi connectivity index (χ1) is 24.2. The number of allylic oxidation sites excluding steroid dienone is 1. The summed E-state index contributed by atoms with van der Waals surface area (Å²) >= 11 is 6.45. The van der Waals surface area contributed by atoms with E-state index in [0.717, 1.165) is 55.9 Å². The van der Waals surface area contributed by atoms with Gasteiger partial charge in [-0.3, -0.25) is 24.3 Å². The maximum absolute atomic E-state index is 14.2. The number of nitrogens with zero attached hydrogens (tertiary/aromatic N) is 4. The van der Waals surface area contributed by atoms with Crippen molar-refractivity contribution in [1.82, 2.24) is 14.7 Å². The lowest BCUT2D eigenvalue weighted by atomic mass is 9.68. The second-order valence-corrected chi connectivity index (χ2v) is 16.5. The number of benzene rings is 2. The van der Waals surface area contributed by atoms with Crippen LogP contribution < -0.4 is 14.4 Å². The monoisotopic (exact) mass is 717 g/mol. The summed E-state index contributed by atoms with van der Waals surface area (Å²) in [6, 6.07) is 11.6. The molecule has 7 rings (SSSR count). The van der Waals surface area contributed by atoms with Crippen LogP contribution in [0.15, 0.2) is 71.5 Å². The Morgan fingerprint density at radius 3 is 2.88 bits per heavy atom. The molecule has 2 aliphatic carbocycles. The largest absolute Gasteiger partial charge is 0.490 e. The molecule has 2 amide bonds. The van der Waals surface area contributed by atoms with Gasteiger partial charge in [-0.05, 0) is 105 Å². The molecule has 50 heavy (non-hydrogen) atoms. The van der Waals surface area contributed by atoms with Crippen LogP contribution in [0.25, 0.3) is 0 Å². The first kappa shape index (κ1) is 34.6. The van der Waals surface area contributed by atoms with Crippen molar-refractivity contribution in [3.8, 4) is 5.75 Å². The molecule has 0 radical (unpaired) electrons. The number of hydrogen-bond donors (Lipinski definition) is 1. The first-order valence-electron chi connectivity index (χ1n) is 17.6. The number of nitrogens with one attached hydrogen (secondary N) is 1. The molecule has 2 bridgehead atoms. The van der Waals surface area contributed by atoms with Gasteiger partial charge in [0.05, 0.1) is 29.8 Å². The molecule has 1 N–H and O–H groups in total. The molecular formula is C38H44ClN5O5S. The molecule has 5 atom stereocenters. The Bertz CT molecular complexity index is 1900. The van der Waals surface area contributed by atoms with E-state index in [9.17, 15) is 13.8 Å². The maximum Gasteiger partial charge on any atom is 0.286 e. The number of methoxy groups -OCH3 is 1. The van der Waals surface area contributed by atoms with E-state index in [-0.39, 0.29) is 23.7 Å². The van der Waals surface area contributed by atoms with Gasteiger partial charge in [0.2, 0.25) is 5.91 Å². The van der Waals surface area contributed by atoms with Crippen molar-refractivity contribution in [1.29, 1.82) is 0 Å². The number of aromatic nitrogens is 2. The van der Waals surface area contributed by atoms with Crippen molar-refractivity contribution in [3.05, 3.63) is 94.5 Å². The number of carbonyl (C=O) groups excluding carboxylic acids is 2. The zero-order chi connectivity index (χ0) is 34.7. The summed E-state index contributed by atoms with van der Waals surface area (Å²) in [5, 5.41) is 0.741. The standard InChI is InChI=1S/C38H44ClN5O5S/c1-48-34-7-3-2-4-19-50(47,42-36(45)15-11-30-22-40-17-18-41-30)43-37(46)27-9-14-35-33(21-27)44(23-28-8-12-31(28)34)24-38(25-49-35)16-5-6-26-20-29(39)10-13-32(26)38/h3,7,9-10,13-14,17-18,20-22,28,31,34H,2,4-6,8,11-12,15-16,19,23-25H2,1H3,(H,42,43,45,46,47)/b7-3+/t28-,31+,34-,38-,50?/m0/s1. The molecule has 0 saturated heterocycles. The fourth-order valence-electron chi connectivity index (χ4n) is 8.04. The molecule has 2 aromatic carbocycles. The Balaban J connectivity index is 1.24. The molecule has 264 valence electrons. The highest BCUT2D eigenvalue weighted by molar-refractivity contribution is 7.92. The van der Waals surface area contributed by atoms with Crippen molar-refractivity contribution < 1.29 is 23.3 Å². The van der Waals surface area contributed by atoms with E-state index in [1.54, 1.807) is 31.8 Å². The fourth-order valence-corrected chi connectivity index (χ4v) is 9.87. The highest BCUT2D eigenvalue weighted by atomic mass is 35.5. The van der Waals surface area contributed by atoms with Gasteiger partial charge in [0.1, 0.15) is 15.7 Å². The molecule has 2 aliphatic heterocycles. The Labute approximate surface area is 299 Å². The van der Waals surface area contributed by atoms with Crippen LogP contribution in [0, 0.1) is 11.8 Å². The summed E-state index contributed by atoms with van der Waals surface area (Å²) in [5.74, 6) is 0.398. The Hall–Kier alpha value is -3.80. The van der Waals surface area contributed by atoms with Crippen LogP contribution >= 0.6 is 11.6 Å². The molecule has 1 saturated carbocycles. The lowest BCUT2D eigenvalue weighted by Gasteiger charge is -2.46. The van der Waals surface area contributed by atoms with E-state index in [1.807, 2.05) is 18.2 Å². The van der Waals surface area contributed by atoms with Gasteiger partial charge in [-0.25, -0.2) is 4.21 Å². The number of anilines is 1. The van der Waals surface area contributed by atoms with Gasteiger partial charge in [0, 0.05) is 61.2 Å². The van der Waals surface area contributed by atoms with Crippen LogP contribution in [-0.4, -0.2) is 64.7 Å². The lowest BCUT2D eigenvalue weighted by Crippen LogP contribution is -2.49. The minimum absolute atomic E-state index is 0.0375. The molecule has 10 nitrogen and oxygen atoms in total. The van der Waals surface area contributed by atoms with Crippen LogP contribution in [0.5, 0.6) is 5.75 Å². The van der Waals surface area contributed by atoms with E-state index in [4.69, 9.17) is 21.1 Å². The predicted molar refractivity (Wildman–Crippen MR) is 194 cm³/mol. The van der Waals surface area contributed by atoms with Crippen LogP contribution in [0.2, 0.25) is 5.02 Å². The number of halogens is 1. The molecule has 4 aliphatic rings. The average Bonchev–Trinajstić information content (AvgIpc) is 3.25. The fraction of sp³-hybridized carbons (Fsp3) is 0.474. The van der Waals surface area contributed by atoms with E-state index >= 15 is 0 Å². The van der Waals surface area contributed by atoms with Gasteiger partial charge in [0.15, 0.2) is 0 Å². The number of fused-ring (bicyclic) bond motifs is 4. The number of aryl methyl sites for hydroxylation is 2. The Kier molecular flexibility index (Phi) is 10.3. The van der Waals surface area contributed by atoms with Gasteiger partial charge in [-0.1, -0.05) is 29.8 Å². The van der Waals surface area contributed by atoms with Gasteiger partial charge in [-0.15, -0.1) is 4.36 Å². The van der Waals surface area contributed by atoms with Crippen molar-refractivity contribution in [2.75, 3.05) is 37.5 Å². The summed E-state index contributed by atoms with van der Waals surface area (Å²) in [7, 11) is -1.67.